The van der Waals surface area contributed by atoms with Crippen LogP contribution in [0.1, 0.15) is 43.9 Å². The predicted octanol–water partition coefficient (Wildman–Crippen LogP) is 1.69. The molecule has 4 heteroatoms. The second-order valence-corrected chi connectivity index (χ2v) is 5.10. The van der Waals surface area contributed by atoms with Crippen molar-refractivity contribution in [3.05, 3.63) is 17.2 Å². The fourth-order valence-corrected chi connectivity index (χ4v) is 2.37. The zero-order chi connectivity index (χ0) is 12.4. The molecule has 1 aliphatic heterocycles. The number of nitrogens with zero attached hydrogens (tertiary/aromatic N) is 2. The molecule has 2 heterocycles. The van der Waals surface area contributed by atoms with Gasteiger partial charge in [0.15, 0.2) is 0 Å². The van der Waals surface area contributed by atoms with Crippen LogP contribution in [0.4, 0.5) is 0 Å². The Morgan fingerprint density at radius 2 is 2.18 bits per heavy atom. The lowest BCUT2D eigenvalue weighted by Crippen LogP contribution is -2.26. The van der Waals surface area contributed by atoms with Crippen LogP contribution in [-0.2, 0) is 24.2 Å². The molecule has 2 rings (SSSR count). The summed E-state index contributed by atoms with van der Waals surface area (Å²) in [5.74, 6) is 1.66. The molecule has 0 amide bonds. The average Bonchev–Trinajstić information content (AvgIpc) is 2.68. The Bertz CT molecular complexity index is 384. The molecule has 0 fully saturated rings. The number of rotatable bonds is 4. The maximum Gasteiger partial charge on any atom is 0.111 e. The van der Waals surface area contributed by atoms with Gasteiger partial charge in [0, 0.05) is 38.2 Å². The number of nitrogens with one attached hydrogen (secondary N) is 1. The van der Waals surface area contributed by atoms with E-state index in [1.807, 2.05) is 0 Å². The molecule has 1 aliphatic rings. The van der Waals surface area contributed by atoms with Crippen LogP contribution < -0.4 is 5.32 Å². The summed E-state index contributed by atoms with van der Waals surface area (Å²) in [5, 5.41) is 3.38. The number of hydrogen-bond donors (Lipinski definition) is 1. The smallest absolute Gasteiger partial charge is 0.111 e. The van der Waals surface area contributed by atoms with Crippen molar-refractivity contribution in [2.45, 2.75) is 52.3 Å². The van der Waals surface area contributed by atoms with E-state index in [0.29, 0.717) is 5.92 Å². The van der Waals surface area contributed by atoms with Gasteiger partial charge in [-0.1, -0.05) is 13.8 Å². The molecule has 0 aliphatic carbocycles. The molecule has 1 aromatic heterocycles. The van der Waals surface area contributed by atoms with Crippen molar-refractivity contribution in [2.24, 2.45) is 0 Å². The molecule has 1 unspecified atom stereocenters. The minimum atomic E-state index is 0.237. The molecule has 0 bridgehead atoms. The zero-order valence-electron chi connectivity index (χ0n) is 11.3. The normalized spacial score (nSPS) is 17.2. The van der Waals surface area contributed by atoms with Gasteiger partial charge in [-0.2, -0.15) is 0 Å². The largest absolute Gasteiger partial charge is 0.380 e. The van der Waals surface area contributed by atoms with E-state index in [-0.39, 0.29) is 6.10 Å². The Morgan fingerprint density at radius 1 is 1.41 bits per heavy atom. The lowest BCUT2D eigenvalue weighted by atomic mass is 10.1. The minimum Gasteiger partial charge on any atom is -0.380 e. The van der Waals surface area contributed by atoms with Gasteiger partial charge >= 0.3 is 0 Å². The molecule has 0 saturated carbocycles. The van der Waals surface area contributed by atoms with E-state index >= 15 is 0 Å². The summed E-state index contributed by atoms with van der Waals surface area (Å²) in [5.41, 5.74) is 2.62. The highest BCUT2D eigenvalue weighted by Crippen LogP contribution is 2.22. The standard InChI is InChI=1S/C13H23N3O/c1-9(2)13-15-11-7-14-6-5-12(11)16(13)8-10(3)17-4/h9-10,14H,5-8H2,1-4H3. The van der Waals surface area contributed by atoms with Crippen molar-refractivity contribution >= 4 is 0 Å². The van der Waals surface area contributed by atoms with Crippen LogP contribution in [0.2, 0.25) is 0 Å². The van der Waals surface area contributed by atoms with E-state index in [9.17, 15) is 0 Å². The Hall–Kier alpha value is -0.870. The molecule has 0 aromatic carbocycles. The van der Waals surface area contributed by atoms with Crippen LogP contribution in [0, 0.1) is 0 Å². The molecule has 1 atom stereocenters. The lowest BCUT2D eigenvalue weighted by molar-refractivity contribution is 0.101. The third kappa shape index (κ3) is 2.53. The van der Waals surface area contributed by atoms with E-state index in [2.05, 4.69) is 30.7 Å². The second kappa shape index (κ2) is 5.19. The molecular formula is C13H23N3O. The molecule has 4 nitrogen and oxygen atoms in total. The Balaban J connectivity index is 2.35. The van der Waals surface area contributed by atoms with Gasteiger partial charge in [0.2, 0.25) is 0 Å². The first kappa shape index (κ1) is 12.6. The van der Waals surface area contributed by atoms with Crippen LogP contribution >= 0.6 is 0 Å². The maximum atomic E-state index is 5.39. The van der Waals surface area contributed by atoms with Gasteiger partial charge in [-0.15, -0.1) is 0 Å². The Kier molecular flexibility index (Phi) is 3.84. The number of fused-ring (bicyclic) bond motifs is 1. The summed E-state index contributed by atoms with van der Waals surface area (Å²) in [7, 11) is 1.77. The summed E-state index contributed by atoms with van der Waals surface area (Å²) >= 11 is 0. The van der Waals surface area contributed by atoms with Gasteiger partial charge in [0.05, 0.1) is 18.3 Å². The van der Waals surface area contributed by atoms with Gasteiger partial charge in [-0.25, -0.2) is 4.98 Å². The van der Waals surface area contributed by atoms with E-state index in [4.69, 9.17) is 9.72 Å². The van der Waals surface area contributed by atoms with E-state index in [0.717, 1.165) is 26.1 Å². The second-order valence-electron chi connectivity index (χ2n) is 5.10. The molecule has 96 valence electrons. The summed E-state index contributed by atoms with van der Waals surface area (Å²) < 4.78 is 7.76. The monoisotopic (exact) mass is 237 g/mol. The molecule has 1 aromatic rings. The molecule has 0 saturated heterocycles. The van der Waals surface area contributed by atoms with Crippen LogP contribution in [0.3, 0.4) is 0 Å². The number of methoxy groups -OCH3 is 1. The molecule has 0 spiro atoms. The summed E-state index contributed by atoms with van der Waals surface area (Å²) in [4.78, 5) is 4.78. The first-order chi connectivity index (χ1) is 8.13. The Morgan fingerprint density at radius 3 is 2.82 bits per heavy atom. The molecule has 0 radical (unpaired) electrons. The zero-order valence-corrected chi connectivity index (χ0v) is 11.3. The third-order valence-electron chi connectivity index (χ3n) is 3.37. The molecule has 17 heavy (non-hydrogen) atoms. The summed E-state index contributed by atoms with van der Waals surface area (Å²) in [6.45, 7) is 9.38. The Labute approximate surface area is 103 Å². The number of aromatic nitrogens is 2. The van der Waals surface area contributed by atoms with Crippen molar-refractivity contribution in [1.82, 2.24) is 14.9 Å². The van der Waals surface area contributed by atoms with Gasteiger partial charge < -0.3 is 14.6 Å². The predicted molar refractivity (Wildman–Crippen MR) is 68.2 cm³/mol. The number of ether oxygens (including phenoxy) is 1. The maximum absolute atomic E-state index is 5.39. The highest BCUT2D eigenvalue weighted by molar-refractivity contribution is 5.21. The van der Waals surface area contributed by atoms with Crippen molar-refractivity contribution in [3.8, 4) is 0 Å². The van der Waals surface area contributed by atoms with Gasteiger partial charge in [0.25, 0.3) is 0 Å². The van der Waals surface area contributed by atoms with E-state index < -0.39 is 0 Å². The topological polar surface area (TPSA) is 39.1 Å². The van der Waals surface area contributed by atoms with Crippen molar-refractivity contribution in [1.29, 1.82) is 0 Å². The number of hydrogen-bond acceptors (Lipinski definition) is 3. The van der Waals surface area contributed by atoms with E-state index in [1.54, 1.807) is 7.11 Å². The molecular weight excluding hydrogens is 214 g/mol. The highest BCUT2D eigenvalue weighted by Gasteiger charge is 2.21. The van der Waals surface area contributed by atoms with Crippen molar-refractivity contribution in [2.75, 3.05) is 13.7 Å². The van der Waals surface area contributed by atoms with Crippen molar-refractivity contribution < 1.29 is 4.74 Å². The van der Waals surface area contributed by atoms with Gasteiger partial charge in [-0.05, 0) is 6.92 Å². The summed E-state index contributed by atoms with van der Waals surface area (Å²) in [6, 6.07) is 0. The van der Waals surface area contributed by atoms with Gasteiger partial charge in [-0.3, -0.25) is 0 Å². The molecule has 1 N–H and O–H groups in total. The quantitative estimate of drug-likeness (QED) is 0.866. The fraction of sp³-hybridized carbons (Fsp3) is 0.769. The first-order valence-electron chi connectivity index (χ1n) is 6.45. The van der Waals surface area contributed by atoms with Gasteiger partial charge in [0.1, 0.15) is 5.82 Å². The third-order valence-corrected chi connectivity index (χ3v) is 3.37. The highest BCUT2D eigenvalue weighted by atomic mass is 16.5. The van der Waals surface area contributed by atoms with Crippen LogP contribution in [-0.4, -0.2) is 29.3 Å². The van der Waals surface area contributed by atoms with Crippen LogP contribution in [0.5, 0.6) is 0 Å². The van der Waals surface area contributed by atoms with E-state index in [1.165, 1.54) is 17.2 Å². The SMILES string of the molecule is COC(C)Cn1c(C(C)C)nc2c1CCNC2. The fourth-order valence-electron chi connectivity index (χ4n) is 2.37. The first-order valence-corrected chi connectivity index (χ1v) is 6.45. The summed E-state index contributed by atoms with van der Waals surface area (Å²) in [6.07, 6.45) is 1.31. The van der Waals surface area contributed by atoms with Crippen LogP contribution in [0.15, 0.2) is 0 Å². The average molecular weight is 237 g/mol. The number of imidazole rings is 1. The minimum absolute atomic E-state index is 0.237. The van der Waals surface area contributed by atoms with Crippen molar-refractivity contribution in [3.63, 3.8) is 0 Å². The van der Waals surface area contributed by atoms with Crippen LogP contribution in [0.25, 0.3) is 0 Å². The lowest BCUT2D eigenvalue weighted by Gasteiger charge is -2.19.